The molecule has 2 aromatic carbocycles. The van der Waals surface area contributed by atoms with Gasteiger partial charge in [-0.25, -0.2) is 4.68 Å². The van der Waals surface area contributed by atoms with Crippen LogP contribution in [0.25, 0.3) is 0 Å². The van der Waals surface area contributed by atoms with Gasteiger partial charge in [0.2, 0.25) is 11.1 Å². The van der Waals surface area contributed by atoms with Gasteiger partial charge in [0.05, 0.1) is 12.2 Å². The fraction of sp³-hybridized carbons (Fsp3) is 0.370. The van der Waals surface area contributed by atoms with Gasteiger partial charge in [0.15, 0.2) is 0 Å². The molecule has 0 spiro atoms. The zero-order valence-corrected chi connectivity index (χ0v) is 21.6. The Hall–Kier alpha value is -3.26. The summed E-state index contributed by atoms with van der Waals surface area (Å²) in [4.78, 5) is 18.4. The van der Waals surface area contributed by atoms with E-state index in [2.05, 4.69) is 24.5 Å². The second-order valence-corrected chi connectivity index (χ2v) is 9.70. The second kappa shape index (κ2) is 11.4. The van der Waals surface area contributed by atoms with E-state index < -0.39 is 6.04 Å². The zero-order valence-electron chi connectivity index (χ0n) is 20.8. The van der Waals surface area contributed by atoms with Crippen molar-refractivity contribution in [1.82, 2.24) is 14.8 Å². The number of ether oxygens (including phenoxy) is 1. The molecule has 1 unspecified atom stereocenters. The fourth-order valence-corrected chi connectivity index (χ4v) is 4.88. The number of amides is 1. The zero-order chi connectivity index (χ0) is 24.8. The Morgan fingerprint density at radius 3 is 2.63 bits per heavy atom. The molecule has 1 aromatic heterocycles. The second-order valence-electron chi connectivity index (χ2n) is 8.64. The lowest BCUT2D eigenvalue weighted by Crippen LogP contribution is -2.31. The average molecular weight is 492 g/mol. The van der Waals surface area contributed by atoms with Crippen LogP contribution < -0.4 is 15.4 Å². The van der Waals surface area contributed by atoms with Crippen LogP contribution in [-0.4, -0.2) is 33.0 Å². The number of carbonyl (C=O) groups is 1. The van der Waals surface area contributed by atoms with E-state index in [1.54, 1.807) is 11.8 Å². The number of aromatic nitrogens is 3. The molecule has 1 atom stereocenters. The minimum atomic E-state index is -0.474. The molecular weight excluding hydrogens is 458 g/mol. The summed E-state index contributed by atoms with van der Waals surface area (Å²) >= 11 is 1.64. The minimum Gasteiger partial charge on any atom is -0.493 e. The first-order chi connectivity index (χ1) is 17.0. The van der Waals surface area contributed by atoms with Crippen molar-refractivity contribution in [2.45, 2.75) is 58.2 Å². The van der Waals surface area contributed by atoms with E-state index in [9.17, 15) is 4.79 Å². The normalized spacial score (nSPS) is 14.9. The van der Waals surface area contributed by atoms with Gasteiger partial charge in [0.1, 0.15) is 11.8 Å². The Morgan fingerprint density at radius 1 is 1.11 bits per heavy atom. The molecule has 0 radical (unpaired) electrons. The molecule has 7 nitrogen and oxygen atoms in total. The van der Waals surface area contributed by atoms with Crippen molar-refractivity contribution in [2.24, 2.45) is 0 Å². The quantitative estimate of drug-likeness (QED) is 0.260. The molecule has 0 bridgehead atoms. The lowest BCUT2D eigenvalue weighted by atomic mass is 9.94. The number of fused-ring (bicyclic) bond motifs is 1. The number of nitrogens with zero attached hydrogens (tertiary/aromatic N) is 3. The molecule has 184 valence electrons. The number of allylic oxidation sites excluding steroid dienone is 1. The van der Waals surface area contributed by atoms with E-state index in [4.69, 9.17) is 14.8 Å². The van der Waals surface area contributed by atoms with E-state index >= 15 is 0 Å². The van der Waals surface area contributed by atoms with Crippen molar-refractivity contribution in [3.05, 3.63) is 70.9 Å². The SMILES string of the molecule is CCCCSc1nc2n(n1)C(c1ccccc1OCCC)C(C(=O)Nc1ccc(C)cc1)=C(C)N2. The lowest BCUT2D eigenvalue weighted by molar-refractivity contribution is -0.113. The highest BCUT2D eigenvalue weighted by molar-refractivity contribution is 7.99. The monoisotopic (exact) mass is 491 g/mol. The molecule has 0 aliphatic carbocycles. The summed E-state index contributed by atoms with van der Waals surface area (Å²) in [7, 11) is 0. The lowest BCUT2D eigenvalue weighted by Gasteiger charge is -2.29. The van der Waals surface area contributed by atoms with E-state index in [1.807, 2.05) is 67.1 Å². The highest BCUT2D eigenvalue weighted by atomic mass is 32.2. The van der Waals surface area contributed by atoms with E-state index in [0.29, 0.717) is 23.3 Å². The first-order valence-electron chi connectivity index (χ1n) is 12.2. The minimum absolute atomic E-state index is 0.185. The Kier molecular flexibility index (Phi) is 8.13. The molecule has 8 heteroatoms. The van der Waals surface area contributed by atoms with E-state index in [-0.39, 0.29) is 5.91 Å². The number of nitrogens with one attached hydrogen (secondary N) is 2. The van der Waals surface area contributed by atoms with Gasteiger partial charge in [-0.2, -0.15) is 4.98 Å². The van der Waals surface area contributed by atoms with Crippen LogP contribution in [0.15, 0.2) is 65.0 Å². The number of hydrogen-bond donors (Lipinski definition) is 2. The summed E-state index contributed by atoms with van der Waals surface area (Å²) in [6.07, 6.45) is 3.11. The number of carbonyl (C=O) groups excluding carboxylic acids is 1. The van der Waals surface area contributed by atoms with E-state index in [0.717, 1.165) is 53.3 Å². The van der Waals surface area contributed by atoms with Crippen molar-refractivity contribution < 1.29 is 9.53 Å². The predicted octanol–water partition coefficient (Wildman–Crippen LogP) is 6.20. The van der Waals surface area contributed by atoms with Crippen LogP contribution in [-0.2, 0) is 4.79 Å². The topological polar surface area (TPSA) is 81.1 Å². The van der Waals surface area contributed by atoms with Crippen LogP contribution in [0.5, 0.6) is 5.75 Å². The van der Waals surface area contributed by atoms with Crippen molar-refractivity contribution in [3.8, 4) is 5.75 Å². The average Bonchev–Trinajstić information content (AvgIpc) is 3.25. The molecule has 2 N–H and O–H groups in total. The third-order valence-electron chi connectivity index (χ3n) is 5.79. The van der Waals surface area contributed by atoms with Gasteiger partial charge in [-0.05, 0) is 44.9 Å². The number of aryl methyl sites for hydroxylation is 1. The van der Waals surface area contributed by atoms with E-state index in [1.165, 1.54) is 0 Å². The molecule has 1 amide bonds. The molecular formula is C27H33N5O2S. The Morgan fingerprint density at radius 2 is 1.89 bits per heavy atom. The van der Waals surface area contributed by atoms with Crippen molar-refractivity contribution in [3.63, 3.8) is 0 Å². The molecule has 4 rings (SSSR count). The maximum absolute atomic E-state index is 13.7. The maximum Gasteiger partial charge on any atom is 0.255 e. The van der Waals surface area contributed by atoms with Gasteiger partial charge in [-0.3, -0.25) is 4.79 Å². The van der Waals surface area contributed by atoms with Crippen molar-refractivity contribution >= 4 is 29.3 Å². The number of para-hydroxylation sites is 1. The highest BCUT2D eigenvalue weighted by Crippen LogP contribution is 2.40. The molecule has 0 saturated carbocycles. The molecule has 0 fully saturated rings. The number of unbranched alkanes of at least 4 members (excludes halogenated alkanes) is 1. The summed E-state index contributed by atoms with van der Waals surface area (Å²) < 4.78 is 7.91. The number of anilines is 2. The van der Waals surface area contributed by atoms with Gasteiger partial charge < -0.3 is 15.4 Å². The first-order valence-corrected chi connectivity index (χ1v) is 13.2. The molecule has 0 saturated heterocycles. The Balaban J connectivity index is 1.76. The molecule has 35 heavy (non-hydrogen) atoms. The summed E-state index contributed by atoms with van der Waals surface area (Å²) in [6, 6.07) is 15.2. The van der Waals surface area contributed by atoms with Crippen LogP contribution in [0.1, 0.15) is 57.2 Å². The maximum atomic E-state index is 13.7. The van der Waals surface area contributed by atoms with Gasteiger partial charge in [0, 0.05) is 22.7 Å². The molecule has 3 aromatic rings. The molecule has 1 aliphatic heterocycles. The van der Waals surface area contributed by atoms with Crippen LogP contribution in [0, 0.1) is 6.92 Å². The molecule has 1 aliphatic rings. The van der Waals surface area contributed by atoms with Crippen molar-refractivity contribution in [1.29, 1.82) is 0 Å². The number of rotatable bonds is 10. The number of thioether (sulfide) groups is 1. The summed E-state index contributed by atoms with van der Waals surface area (Å²) in [5.41, 5.74) is 4.09. The third-order valence-corrected chi connectivity index (χ3v) is 6.72. The van der Waals surface area contributed by atoms with Crippen LogP contribution in [0.3, 0.4) is 0 Å². The predicted molar refractivity (Wildman–Crippen MR) is 142 cm³/mol. The number of benzene rings is 2. The third kappa shape index (κ3) is 5.70. The van der Waals surface area contributed by atoms with Gasteiger partial charge in [-0.15, -0.1) is 5.10 Å². The standard InChI is InChI=1S/C27H33N5O2S/c1-5-7-17-35-27-30-26-28-19(4)23(25(33)29-20-14-12-18(3)13-15-20)24(32(26)31-27)21-10-8-9-11-22(21)34-16-6-2/h8-15,24H,5-7,16-17H2,1-4H3,(H,29,33)(H,28,30,31). The number of hydrogen-bond acceptors (Lipinski definition) is 6. The fourth-order valence-electron chi connectivity index (χ4n) is 3.97. The summed E-state index contributed by atoms with van der Waals surface area (Å²) in [5.74, 6) is 2.14. The Bertz CT molecular complexity index is 1200. The highest BCUT2D eigenvalue weighted by Gasteiger charge is 2.36. The summed E-state index contributed by atoms with van der Waals surface area (Å²) in [5, 5.41) is 11.9. The smallest absolute Gasteiger partial charge is 0.255 e. The van der Waals surface area contributed by atoms with Gasteiger partial charge >= 0.3 is 0 Å². The first kappa shape index (κ1) is 24.9. The van der Waals surface area contributed by atoms with Crippen LogP contribution in [0.2, 0.25) is 0 Å². The van der Waals surface area contributed by atoms with Crippen LogP contribution >= 0.6 is 11.8 Å². The molecule has 2 heterocycles. The summed E-state index contributed by atoms with van der Waals surface area (Å²) in [6.45, 7) is 8.78. The largest absolute Gasteiger partial charge is 0.493 e. The Labute approximate surface area is 211 Å². The van der Waals surface area contributed by atoms with Crippen LogP contribution in [0.4, 0.5) is 11.6 Å². The van der Waals surface area contributed by atoms with Crippen molar-refractivity contribution in [2.75, 3.05) is 23.0 Å². The van der Waals surface area contributed by atoms with Gasteiger partial charge in [-0.1, -0.05) is 67.9 Å². The van der Waals surface area contributed by atoms with Gasteiger partial charge in [0.25, 0.3) is 5.91 Å².